The fourth-order valence-corrected chi connectivity index (χ4v) is 2.28. The third-order valence-electron chi connectivity index (χ3n) is 3.09. The molecule has 0 saturated carbocycles. The van der Waals surface area contributed by atoms with Crippen LogP contribution in [0, 0.1) is 10.1 Å². The van der Waals surface area contributed by atoms with E-state index in [4.69, 9.17) is 28.6 Å². The Bertz CT molecular complexity index is 738. The Hall–Kier alpha value is -2.38. The second-order valence-electron chi connectivity index (χ2n) is 4.80. The molecule has 0 atom stereocenters. The Kier molecular flexibility index (Phi) is 6.34. The van der Waals surface area contributed by atoms with Crippen molar-refractivity contribution < 1.29 is 9.66 Å². The summed E-state index contributed by atoms with van der Waals surface area (Å²) in [6, 6.07) is 11.9. The number of nitrogens with zero attached hydrogens (tertiary/aromatic N) is 1. The molecular weight excluding hydrogens is 350 g/mol. The first-order chi connectivity index (χ1) is 11.5. The molecule has 2 aromatic carbocycles. The molecule has 8 heteroatoms. The lowest BCUT2D eigenvalue weighted by molar-refractivity contribution is -0.384. The summed E-state index contributed by atoms with van der Waals surface area (Å²) >= 11 is 11.0. The van der Waals surface area contributed by atoms with Crippen molar-refractivity contribution >= 4 is 40.3 Å². The van der Waals surface area contributed by atoms with Gasteiger partial charge in [0.2, 0.25) is 0 Å². The van der Waals surface area contributed by atoms with E-state index in [-0.39, 0.29) is 10.8 Å². The molecule has 0 radical (unpaired) electrons. The van der Waals surface area contributed by atoms with Crippen molar-refractivity contribution in [2.45, 2.75) is 13.5 Å². The van der Waals surface area contributed by atoms with Crippen LogP contribution in [-0.2, 0) is 6.54 Å². The van der Waals surface area contributed by atoms with E-state index in [1.165, 1.54) is 6.07 Å². The first-order valence-corrected chi connectivity index (χ1v) is 7.98. The largest absolute Gasteiger partial charge is 0.494 e. The van der Waals surface area contributed by atoms with Crippen LogP contribution in [0.3, 0.4) is 0 Å². The van der Waals surface area contributed by atoms with Crippen LogP contribution < -0.4 is 15.4 Å². The molecule has 0 unspecified atom stereocenters. The minimum Gasteiger partial charge on any atom is -0.494 e. The molecule has 0 aromatic heterocycles. The number of nitro benzene ring substituents is 1. The quantitative estimate of drug-likeness (QED) is 0.455. The van der Waals surface area contributed by atoms with Gasteiger partial charge in [0, 0.05) is 11.6 Å². The van der Waals surface area contributed by atoms with Crippen molar-refractivity contribution in [2.75, 3.05) is 11.9 Å². The zero-order chi connectivity index (χ0) is 17.5. The molecule has 2 aromatic rings. The van der Waals surface area contributed by atoms with Gasteiger partial charge in [-0.3, -0.25) is 10.1 Å². The maximum Gasteiger partial charge on any atom is 0.296 e. The number of rotatable bonds is 6. The normalized spacial score (nSPS) is 10.1. The van der Waals surface area contributed by atoms with Crippen molar-refractivity contribution in [3.63, 3.8) is 0 Å². The predicted molar refractivity (Wildman–Crippen MR) is 98.8 cm³/mol. The van der Waals surface area contributed by atoms with Gasteiger partial charge in [-0.15, -0.1) is 0 Å². The summed E-state index contributed by atoms with van der Waals surface area (Å²) in [5.74, 6) is 0.440. The number of halogens is 1. The van der Waals surface area contributed by atoms with Gasteiger partial charge in [0.05, 0.1) is 17.6 Å². The third kappa shape index (κ3) is 5.07. The smallest absolute Gasteiger partial charge is 0.296 e. The Labute approximate surface area is 149 Å². The van der Waals surface area contributed by atoms with Crippen molar-refractivity contribution in [3.8, 4) is 5.75 Å². The highest BCUT2D eigenvalue weighted by molar-refractivity contribution is 7.80. The van der Waals surface area contributed by atoms with Gasteiger partial charge in [-0.25, -0.2) is 0 Å². The minimum atomic E-state index is -0.480. The Morgan fingerprint density at radius 3 is 2.62 bits per heavy atom. The van der Waals surface area contributed by atoms with Gasteiger partial charge in [-0.2, -0.15) is 0 Å². The maximum atomic E-state index is 11.2. The molecule has 0 spiro atoms. The summed E-state index contributed by atoms with van der Waals surface area (Å²) < 4.78 is 5.28. The first-order valence-electron chi connectivity index (χ1n) is 7.20. The Morgan fingerprint density at radius 1 is 1.29 bits per heavy atom. The minimum absolute atomic E-state index is 0.100. The average Bonchev–Trinajstić information content (AvgIpc) is 2.56. The summed E-state index contributed by atoms with van der Waals surface area (Å²) in [4.78, 5) is 10.7. The van der Waals surface area contributed by atoms with E-state index in [9.17, 15) is 10.1 Å². The van der Waals surface area contributed by atoms with Gasteiger partial charge in [0.25, 0.3) is 5.69 Å². The van der Waals surface area contributed by atoms with Crippen LogP contribution in [0.15, 0.2) is 42.5 Å². The van der Waals surface area contributed by atoms with E-state index in [0.29, 0.717) is 29.6 Å². The molecule has 0 aliphatic heterocycles. The van der Waals surface area contributed by atoms with Crippen LogP contribution >= 0.6 is 23.8 Å². The van der Waals surface area contributed by atoms with E-state index in [1.54, 1.807) is 24.3 Å². The van der Waals surface area contributed by atoms with Gasteiger partial charge in [-0.05, 0) is 49.0 Å². The average molecular weight is 366 g/mol. The highest BCUT2D eigenvalue weighted by atomic mass is 35.5. The monoisotopic (exact) mass is 365 g/mol. The lowest BCUT2D eigenvalue weighted by atomic mass is 10.2. The highest BCUT2D eigenvalue weighted by Crippen LogP contribution is 2.29. The van der Waals surface area contributed by atoms with Gasteiger partial charge in [0.15, 0.2) is 5.11 Å². The molecule has 6 nitrogen and oxygen atoms in total. The summed E-state index contributed by atoms with van der Waals surface area (Å²) in [6.07, 6.45) is 0. The van der Waals surface area contributed by atoms with Crippen molar-refractivity contribution in [1.82, 2.24) is 5.32 Å². The van der Waals surface area contributed by atoms with Gasteiger partial charge < -0.3 is 15.4 Å². The molecule has 0 heterocycles. The fourth-order valence-electron chi connectivity index (χ4n) is 1.98. The number of hydrogen-bond donors (Lipinski definition) is 2. The van der Waals surface area contributed by atoms with Crippen LogP contribution in [0.4, 0.5) is 11.4 Å². The Balaban J connectivity index is 2.02. The number of nitro groups is 1. The predicted octanol–water partition coefficient (Wildman–Crippen LogP) is 4.13. The molecule has 2 N–H and O–H groups in total. The molecular formula is C16H16ClN3O3S. The molecule has 0 aliphatic rings. The van der Waals surface area contributed by atoms with Crippen molar-refractivity contribution in [2.24, 2.45) is 0 Å². The first kappa shape index (κ1) is 18.0. The number of nitrogens with one attached hydrogen (secondary N) is 2. The van der Waals surface area contributed by atoms with Crippen LogP contribution in [0.5, 0.6) is 5.75 Å². The second-order valence-corrected chi connectivity index (χ2v) is 5.65. The van der Waals surface area contributed by atoms with E-state index in [0.717, 1.165) is 5.56 Å². The van der Waals surface area contributed by atoms with E-state index < -0.39 is 4.92 Å². The topological polar surface area (TPSA) is 76.4 Å². The number of hydrogen-bond acceptors (Lipinski definition) is 4. The molecule has 126 valence electrons. The molecule has 0 bridgehead atoms. The highest BCUT2D eigenvalue weighted by Gasteiger charge is 2.16. The SMILES string of the molecule is CCOc1ccc(NC(=S)NCc2ccc(Cl)cc2)c([N+](=O)[O-])c1. The number of benzene rings is 2. The summed E-state index contributed by atoms with van der Waals surface area (Å²) in [7, 11) is 0. The van der Waals surface area contributed by atoms with Crippen molar-refractivity contribution in [3.05, 3.63) is 63.2 Å². The number of ether oxygens (including phenoxy) is 1. The number of thiocarbonyl (C=S) groups is 1. The van der Waals surface area contributed by atoms with Gasteiger partial charge in [-0.1, -0.05) is 23.7 Å². The Morgan fingerprint density at radius 2 is 2.00 bits per heavy atom. The molecule has 2 rings (SSSR count). The summed E-state index contributed by atoms with van der Waals surface area (Å²) in [5.41, 5.74) is 1.19. The van der Waals surface area contributed by atoms with E-state index in [1.807, 2.05) is 19.1 Å². The van der Waals surface area contributed by atoms with Crippen LogP contribution in [0.1, 0.15) is 12.5 Å². The molecule has 24 heavy (non-hydrogen) atoms. The molecule has 0 saturated heterocycles. The fraction of sp³-hybridized carbons (Fsp3) is 0.188. The van der Waals surface area contributed by atoms with E-state index in [2.05, 4.69) is 10.6 Å². The summed E-state index contributed by atoms with van der Waals surface area (Å²) in [6.45, 7) is 2.73. The van der Waals surface area contributed by atoms with Crippen molar-refractivity contribution in [1.29, 1.82) is 0 Å². The molecule has 0 amide bonds. The zero-order valence-corrected chi connectivity index (χ0v) is 14.5. The van der Waals surface area contributed by atoms with Crippen LogP contribution in [-0.4, -0.2) is 16.6 Å². The van der Waals surface area contributed by atoms with Gasteiger partial charge in [0.1, 0.15) is 11.4 Å². The maximum absolute atomic E-state index is 11.2. The standard InChI is InChI=1S/C16H16ClN3O3S/c1-2-23-13-7-8-14(15(9-13)20(21)22)19-16(24)18-10-11-3-5-12(17)6-4-11/h3-9H,2,10H2,1H3,(H2,18,19,24). The lowest BCUT2D eigenvalue weighted by Gasteiger charge is -2.12. The van der Waals surface area contributed by atoms with E-state index >= 15 is 0 Å². The van der Waals surface area contributed by atoms with Crippen LogP contribution in [0.2, 0.25) is 5.02 Å². The van der Waals surface area contributed by atoms with Gasteiger partial charge >= 0.3 is 0 Å². The molecule has 0 fully saturated rings. The lowest BCUT2D eigenvalue weighted by Crippen LogP contribution is -2.28. The van der Waals surface area contributed by atoms with Crippen LogP contribution in [0.25, 0.3) is 0 Å². The number of anilines is 1. The molecule has 0 aliphatic carbocycles. The zero-order valence-electron chi connectivity index (χ0n) is 12.9. The third-order valence-corrected chi connectivity index (χ3v) is 3.59. The summed E-state index contributed by atoms with van der Waals surface area (Å²) in [5, 5.41) is 18.0. The second kappa shape index (κ2) is 8.47.